The quantitative estimate of drug-likeness (QED) is 0.527. The molecule has 6 nitrogen and oxygen atoms in total. The van der Waals surface area contributed by atoms with Gasteiger partial charge in [0.2, 0.25) is 0 Å². The van der Waals surface area contributed by atoms with Gasteiger partial charge in [0.05, 0.1) is 41.9 Å². The fourth-order valence-corrected chi connectivity index (χ4v) is 3.01. The minimum absolute atomic E-state index is 0.0391. The van der Waals surface area contributed by atoms with Gasteiger partial charge in [0.15, 0.2) is 0 Å². The van der Waals surface area contributed by atoms with Crippen LogP contribution in [0, 0.1) is 0 Å². The first-order valence-electron chi connectivity index (χ1n) is 9.14. The second-order valence-corrected chi connectivity index (χ2v) is 6.41. The van der Waals surface area contributed by atoms with Crippen molar-refractivity contribution in [3.63, 3.8) is 0 Å². The van der Waals surface area contributed by atoms with Crippen LogP contribution in [0.4, 0.5) is 5.69 Å². The van der Waals surface area contributed by atoms with Gasteiger partial charge in [-0.25, -0.2) is 4.68 Å². The van der Waals surface area contributed by atoms with Crippen LogP contribution in [0.15, 0.2) is 64.4 Å². The molecule has 0 aliphatic rings. The van der Waals surface area contributed by atoms with Gasteiger partial charge in [0.1, 0.15) is 0 Å². The lowest BCUT2D eigenvalue weighted by atomic mass is 10.1. The van der Waals surface area contributed by atoms with E-state index in [0.29, 0.717) is 22.7 Å². The molecule has 2 aromatic carbocycles. The summed E-state index contributed by atoms with van der Waals surface area (Å²) in [6, 6.07) is 17.1. The van der Waals surface area contributed by atoms with Crippen LogP contribution in [0.5, 0.6) is 0 Å². The van der Waals surface area contributed by atoms with Gasteiger partial charge in [-0.2, -0.15) is 0 Å². The third-order valence-corrected chi connectivity index (χ3v) is 4.53. The number of aromatic amines is 1. The molecular weight excluding hydrogens is 354 g/mol. The van der Waals surface area contributed by atoms with Gasteiger partial charge in [0, 0.05) is 0 Å². The van der Waals surface area contributed by atoms with Crippen molar-refractivity contribution in [1.29, 1.82) is 0 Å². The Bertz CT molecular complexity index is 1040. The lowest BCUT2D eigenvalue weighted by molar-refractivity contribution is -0.139. The van der Waals surface area contributed by atoms with E-state index >= 15 is 0 Å². The summed E-state index contributed by atoms with van der Waals surface area (Å²) in [6.45, 7) is 3.86. The van der Waals surface area contributed by atoms with Gasteiger partial charge in [-0.3, -0.25) is 19.7 Å². The normalized spacial score (nSPS) is 11.5. The van der Waals surface area contributed by atoms with Crippen LogP contribution in [0.3, 0.4) is 0 Å². The summed E-state index contributed by atoms with van der Waals surface area (Å²) in [5.74, 6) is -0.428. The molecule has 0 fully saturated rings. The molecule has 1 heterocycles. The molecule has 0 bridgehead atoms. The highest BCUT2D eigenvalue weighted by Crippen LogP contribution is 2.17. The van der Waals surface area contributed by atoms with Gasteiger partial charge in [-0.1, -0.05) is 37.3 Å². The van der Waals surface area contributed by atoms with Crippen molar-refractivity contribution in [2.45, 2.75) is 26.7 Å². The molecule has 0 radical (unpaired) electrons. The number of rotatable bonds is 6. The molecule has 1 N–H and O–H groups in total. The number of H-pyrrole nitrogens is 1. The first-order valence-corrected chi connectivity index (χ1v) is 9.14. The minimum atomic E-state index is -0.428. The number of hydrogen-bond acceptors (Lipinski definition) is 4. The summed E-state index contributed by atoms with van der Waals surface area (Å²) >= 11 is 0. The number of aromatic nitrogens is 2. The van der Waals surface area contributed by atoms with E-state index in [1.54, 1.807) is 6.92 Å². The van der Waals surface area contributed by atoms with Gasteiger partial charge in [-0.05, 0) is 43.2 Å². The fourth-order valence-electron chi connectivity index (χ4n) is 3.01. The number of aliphatic imine (C=N–C) groups is 1. The van der Waals surface area contributed by atoms with E-state index in [9.17, 15) is 9.59 Å². The largest absolute Gasteiger partial charge is 0.469 e. The van der Waals surface area contributed by atoms with Crippen molar-refractivity contribution in [2.75, 3.05) is 7.11 Å². The minimum Gasteiger partial charge on any atom is -0.469 e. The molecule has 0 spiro atoms. The third kappa shape index (κ3) is 4.11. The lowest BCUT2D eigenvalue weighted by Crippen LogP contribution is -2.20. The Labute approximate surface area is 163 Å². The number of aryl methyl sites for hydroxylation is 1. The molecule has 0 atom stereocenters. The van der Waals surface area contributed by atoms with E-state index in [1.807, 2.05) is 54.6 Å². The molecular formula is C22H23N3O3. The van der Waals surface area contributed by atoms with Crippen molar-refractivity contribution in [3.8, 4) is 5.69 Å². The Kier molecular flexibility index (Phi) is 5.89. The molecule has 0 aliphatic carbocycles. The maximum atomic E-state index is 13.1. The maximum absolute atomic E-state index is 13.1. The molecule has 1 aromatic heterocycles. The predicted octanol–water partition coefficient (Wildman–Crippen LogP) is 3.58. The summed E-state index contributed by atoms with van der Waals surface area (Å²) in [4.78, 5) is 29.5. The third-order valence-electron chi connectivity index (χ3n) is 4.53. The number of carbonyl (C=O) groups is 1. The number of methoxy groups -OCH3 is 1. The van der Waals surface area contributed by atoms with Crippen molar-refractivity contribution in [2.24, 2.45) is 4.99 Å². The molecule has 144 valence electrons. The summed E-state index contributed by atoms with van der Waals surface area (Å²) in [5.41, 5.74) is 3.81. The average Bonchev–Trinajstić information content (AvgIpc) is 3.04. The number of para-hydroxylation sites is 1. The SMILES string of the molecule is CCc1ccc(N=C(C)c2c(CC(=O)OC)[nH]n(-c3ccccc3)c2=O)cc1. The van der Waals surface area contributed by atoms with Crippen molar-refractivity contribution in [3.05, 3.63) is 81.8 Å². The highest BCUT2D eigenvalue weighted by atomic mass is 16.5. The number of hydrogen-bond donors (Lipinski definition) is 1. The molecule has 28 heavy (non-hydrogen) atoms. The number of esters is 1. The molecule has 0 saturated heterocycles. The Balaban J connectivity index is 2.08. The molecule has 0 aliphatic heterocycles. The Morgan fingerprint density at radius 1 is 1.11 bits per heavy atom. The van der Waals surface area contributed by atoms with E-state index < -0.39 is 5.97 Å². The zero-order valence-electron chi connectivity index (χ0n) is 16.2. The fraction of sp³-hybridized carbons (Fsp3) is 0.227. The molecule has 0 unspecified atom stereocenters. The number of nitrogens with zero attached hydrogens (tertiary/aromatic N) is 2. The monoisotopic (exact) mass is 377 g/mol. The molecule has 0 saturated carbocycles. The first kappa shape index (κ1) is 19.4. The molecule has 3 rings (SSSR count). The number of benzene rings is 2. The van der Waals surface area contributed by atoms with Crippen molar-refractivity contribution in [1.82, 2.24) is 9.78 Å². The van der Waals surface area contributed by atoms with E-state index in [4.69, 9.17) is 4.74 Å². The first-order chi connectivity index (χ1) is 13.5. The highest BCUT2D eigenvalue weighted by Gasteiger charge is 2.20. The Morgan fingerprint density at radius 3 is 2.39 bits per heavy atom. The highest BCUT2D eigenvalue weighted by molar-refractivity contribution is 6.01. The summed E-state index contributed by atoms with van der Waals surface area (Å²) < 4.78 is 6.20. The van der Waals surface area contributed by atoms with Crippen LogP contribution in [0.25, 0.3) is 5.69 Å². The second-order valence-electron chi connectivity index (χ2n) is 6.41. The second kappa shape index (κ2) is 8.52. The molecule has 0 amide bonds. The topological polar surface area (TPSA) is 76.4 Å². The van der Waals surface area contributed by atoms with E-state index in [-0.39, 0.29) is 12.0 Å². The number of ether oxygens (including phenoxy) is 1. The Hall–Kier alpha value is -3.41. The van der Waals surface area contributed by atoms with Crippen LogP contribution in [-0.4, -0.2) is 28.6 Å². The summed E-state index contributed by atoms with van der Waals surface area (Å²) in [6.07, 6.45) is 0.911. The van der Waals surface area contributed by atoms with Gasteiger partial charge >= 0.3 is 5.97 Å². The zero-order chi connectivity index (χ0) is 20.1. The molecule has 6 heteroatoms. The smallest absolute Gasteiger partial charge is 0.311 e. The van der Waals surface area contributed by atoms with Gasteiger partial charge in [-0.15, -0.1) is 0 Å². The standard InChI is InChI=1S/C22H23N3O3/c1-4-16-10-12-17(13-11-16)23-15(2)21-19(14-20(26)28-3)24-25(22(21)27)18-8-6-5-7-9-18/h5-13,24H,4,14H2,1-3H3. The zero-order valence-corrected chi connectivity index (χ0v) is 16.2. The van der Waals surface area contributed by atoms with Crippen LogP contribution >= 0.6 is 0 Å². The van der Waals surface area contributed by atoms with Crippen molar-refractivity contribution < 1.29 is 9.53 Å². The predicted molar refractivity (Wildman–Crippen MR) is 110 cm³/mol. The maximum Gasteiger partial charge on any atom is 0.311 e. The van der Waals surface area contributed by atoms with Gasteiger partial charge < -0.3 is 4.74 Å². The van der Waals surface area contributed by atoms with Crippen LogP contribution < -0.4 is 5.56 Å². The summed E-state index contributed by atoms with van der Waals surface area (Å²) in [5, 5.41) is 3.04. The average molecular weight is 377 g/mol. The van der Waals surface area contributed by atoms with Gasteiger partial charge in [0.25, 0.3) is 5.56 Å². The number of nitrogens with one attached hydrogen (secondary N) is 1. The van der Waals surface area contributed by atoms with Crippen LogP contribution in [-0.2, 0) is 22.4 Å². The van der Waals surface area contributed by atoms with E-state index in [0.717, 1.165) is 12.1 Å². The summed E-state index contributed by atoms with van der Waals surface area (Å²) in [7, 11) is 1.32. The lowest BCUT2D eigenvalue weighted by Gasteiger charge is -2.03. The van der Waals surface area contributed by atoms with E-state index in [2.05, 4.69) is 17.0 Å². The molecule has 3 aromatic rings. The number of carbonyl (C=O) groups excluding carboxylic acids is 1. The van der Waals surface area contributed by atoms with Crippen molar-refractivity contribution >= 4 is 17.4 Å². The van der Waals surface area contributed by atoms with Crippen LogP contribution in [0.2, 0.25) is 0 Å². The van der Waals surface area contributed by atoms with E-state index in [1.165, 1.54) is 17.4 Å². The Morgan fingerprint density at radius 2 is 1.79 bits per heavy atom. The van der Waals surface area contributed by atoms with Crippen LogP contribution in [0.1, 0.15) is 30.7 Å².